The molecule has 0 radical (unpaired) electrons. The van der Waals surface area contributed by atoms with Crippen LogP contribution in [0.2, 0.25) is 0 Å². The van der Waals surface area contributed by atoms with Crippen molar-refractivity contribution in [2.45, 2.75) is 31.7 Å². The Balaban J connectivity index is 1.45. The van der Waals surface area contributed by atoms with E-state index in [9.17, 15) is 19.2 Å². The lowest BCUT2D eigenvalue weighted by atomic mass is 10.0. The largest absolute Gasteiger partial charge is 0.353 e. The molecule has 140 valence electrons. The molecule has 1 fully saturated rings. The molecule has 1 aromatic rings. The van der Waals surface area contributed by atoms with E-state index in [0.29, 0.717) is 37.1 Å². The van der Waals surface area contributed by atoms with Crippen molar-refractivity contribution in [1.82, 2.24) is 15.1 Å². The average Bonchev–Trinajstić information content (AvgIpc) is 2.92. The van der Waals surface area contributed by atoms with Crippen LogP contribution >= 0.6 is 0 Å². The van der Waals surface area contributed by atoms with E-state index >= 15 is 0 Å². The van der Waals surface area contributed by atoms with Gasteiger partial charge in [-0.25, -0.2) is 0 Å². The number of hydrogen-bond acceptors (Lipinski definition) is 5. The molecule has 0 unspecified atom stereocenters. The normalized spacial score (nSPS) is 16.9. The quantitative estimate of drug-likeness (QED) is 0.769. The van der Waals surface area contributed by atoms with Gasteiger partial charge in [0.05, 0.1) is 17.2 Å². The molecule has 2 aliphatic heterocycles. The third-order valence-corrected chi connectivity index (χ3v) is 4.88. The Morgan fingerprint density at radius 3 is 2.26 bits per heavy atom. The van der Waals surface area contributed by atoms with E-state index in [4.69, 9.17) is 5.26 Å². The minimum Gasteiger partial charge on any atom is -0.353 e. The lowest BCUT2D eigenvalue weighted by Crippen LogP contribution is -2.47. The number of fused-ring (bicyclic) bond motifs is 1. The maximum Gasteiger partial charge on any atom is 0.261 e. The van der Waals surface area contributed by atoms with Gasteiger partial charge in [-0.2, -0.15) is 5.26 Å². The lowest BCUT2D eigenvalue weighted by molar-refractivity contribution is -0.131. The molecule has 0 bridgehead atoms. The number of nitriles is 1. The number of likely N-dealkylation sites (tertiary alicyclic amines) is 1. The van der Waals surface area contributed by atoms with Crippen molar-refractivity contribution in [3.63, 3.8) is 0 Å². The topological polar surface area (TPSA) is 111 Å². The van der Waals surface area contributed by atoms with Gasteiger partial charge in [0.25, 0.3) is 11.8 Å². The first-order valence-electron chi connectivity index (χ1n) is 8.90. The van der Waals surface area contributed by atoms with Gasteiger partial charge in [0.15, 0.2) is 0 Å². The Kier molecular flexibility index (Phi) is 5.50. The minimum absolute atomic E-state index is 0.0394. The van der Waals surface area contributed by atoms with Crippen LogP contribution in [0.3, 0.4) is 0 Å². The smallest absolute Gasteiger partial charge is 0.261 e. The summed E-state index contributed by atoms with van der Waals surface area (Å²) >= 11 is 0. The molecule has 2 heterocycles. The van der Waals surface area contributed by atoms with Crippen LogP contribution < -0.4 is 5.32 Å². The van der Waals surface area contributed by atoms with Gasteiger partial charge in [-0.1, -0.05) is 12.1 Å². The number of hydrogen-bond donors (Lipinski definition) is 1. The first-order chi connectivity index (χ1) is 13.0. The highest BCUT2D eigenvalue weighted by atomic mass is 16.2. The van der Waals surface area contributed by atoms with E-state index in [2.05, 4.69) is 5.32 Å². The van der Waals surface area contributed by atoms with E-state index in [1.807, 2.05) is 6.07 Å². The standard InChI is InChI=1S/C19H20N4O4/c20-9-5-17(25)22-10-6-13(7-11-22)21-16(24)8-12-23-18(26)14-3-1-2-4-15(14)19(23)27/h1-4,13H,5-8,10-12H2,(H,21,24). The van der Waals surface area contributed by atoms with Crippen LogP contribution in [0.25, 0.3) is 0 Å². The van der Waals surface area contributed by atoms with Gasteiger partial charge in [-0.3, -0.25) is 24.1 Å². The molecule has 0 spiro atoms. The predicted octanol–water partition coefficient (Wildman–Crippen LogP) is 0.694. The third-order valence-electron chi connectivity index (χ3n) is 4.88. The Morgan fingerprint density at radius 2 is 1.70 bits per heavy atom. The summed E-state index contributed by atoms with van der Waals surface area (Å²) in [4.78, 5) is 51.2. The monoisotopic (exact) mass is 368 g/mol. The summed E-state index contributed by atoms with van der Waals surface area (Å²) in [6, 6.07) is 8.42. The van der Waals surface area contributed by atoms with Crippen molar-refractivity contribution in [2.75, 3.05) is 19.6 Å². The van der Waals surface area contributed by atoms with Crippen LogP contribution in [0.15, 0.2) is 24.3 Å². The van der Waals surface area contributed by atoms with E-state index in [-0.39, 0.29) is 49.1 Å². The summed E-state index contributed by atoms with van der Waals surface area (Å²) in [6.07, 6.45) is 1.15. The van der Waals surface area contributed by atoms with Crippen molar-refractivity contribution < 1.29 is 19.2 Å². The number of carbonyl (C=O) groups is 4. The van der Waals surface area contributed by atoms with Gasteiger partial charge in [0.2, 0.25) is 11.8 Å². The Bertz CT molecular complexity index is 786. The number of imide groups is 1. The second-order valence-corrected chi connectivity index (χ2v) is 6.61. The SMILES string of the molecule is N#CCC(=O)N1CCC(NC(=O)CCN2C(=O)c3ccccc3C2=O)CC1. The summed E-state index contributed by atoms with van der Waals surface area (Å²) in [5.41, 5.74) is 0.745. The number of amides is 4. The minimum atomic E-state index is -0.368. The Hall–Kier alpha value is -3.21. The number of benzene rings is 1. The number of nitrogens with zero attached hydrogens (tertiary/aromatic N) is 3. The molecule has 0 saturated carbocycles. The van der Waals surface area contributed by atoms with E-state index in [0.717, 1.165) is 4.90 Å². The first-order valence-corrected chi connectivity index (χ1v) is 8.90. The van der Waals surface area contributed by atoms with Crippen molar-refractivity contribution in [1.29, 1.82) is 5.26 Å². The number of nitrogens with one attached hydrogen (secondary N) is 1. The molecule has 8 nitrogen and oxygen atoms in total. The Labute approximate surface area is 156 Å². The molecule has 1 saturated heterocycles. The summed E-state index contributed by atoms with van der Waals surface area (Å²) in [7, 11) is 0. The molecule has 1 N–H and O–H groups in total. The molecular weight excluding hydrogens is 348 g/mol. The fourth-order valence-corrected chi connectivity index (χ4v) is 3.41. The third kappa shape index (κ3) is 3.97. The van der Waals surface area contributed by atoms with Crippen LogP contribution in [-0.2, 0) is 9.59 Å². The van der Waals surface area contributed by atoms with Gasteiger partial charge in [0.1, 0.15) is 6.42 Å². The van der Waals surface area contributed by atoms with Gasteiger partial charge < -0.3 is 10.2 Å². The van der Waals surface area contributed by atoms with Gasteiger partial charge in [-0.15, -0.1) is 0 Å². The molecule has 8 heteroatoms. The second-order valence-electron chi connectivity index (χ2n) is 6.61. The summed E-state index contributed by atoms with van der Waals surface area (Å²) in [6.45, 7) is 1.05. The average molecular weight is 368 g/mol. The van der Waals surface area contributed by atoms with Crippen molar-refractivity contribution in [3.8, 4) is 6.07 Å². The molecule has 0 aliphatic carbocycles. The zero-order valence-electron chi connectivity index (χ0n) is 14.8. The lowest BCUT2D eigenvalue weighted by Gasteiger charge is -2.32. The fraction of sp³-hybridized carbons (Fsp3) is 0.421. The number of carbonyl (C=O) groups excluding carboxylic acids is 4. The maximum absolute atomic E-state index is 12.3. The second kappa shape index (κ2) is 7.99. The summed E-state index contributed by atoms with van der Waals surface area (Å²) in [5.74, 6) is -1.15. The highest BCUT2D eigenvalue weighted by molar-refractivity contribution is 6.21. The van der Waals surface area contributed by atoms with Crippen LogP contribution in [0.1, 0.15) is 46.4 Å². The molecule has 0 aromatic heterocycles. The molecule has 2 aliphatic rings. The highest BCUT2D eigenvalue weighted by Crippen LogP contribution is 2.22. The zero-order valence-corrected chi connectivity index (χ0v) is 14.8. The summed E-state index contributed by atoms with van der Waals surface area (Å²) in [5, 5.41) is 11.5. The molecule has 0 atom stereocenters. The van der Waals surface area contributed by atoms with E-state index in [1.165, 1.54) is 0 Å². The maximum atomic E-state index is 12.3. The van der Waals surface area contributed by atoms with Crippen LogP contribution in [0.5, 0.6) is 0 Å². The van der Waals surface area contributed by atoms with Crippen molar-refractivity contribution in [3.05, 3.63) is 35.4 Å². The van der Waals surface area contributed by atoms with Gasteiger partial charge >= 0.3 is 0 Å². The molecule has 4 amide bonds. The van der Waals surface area contributed by atoms with E-state index < -0.39 is 0 Å². The molecule has 27 heavy (non-hydrogen) atoms. The number of rotatable bonds is 5. The molecule has 1 aromatic carbocycles. The highest BCUT2D eigenvalue weighted by Gasteiger charge is 2.35. The van der Waals surface area contributed by atoms with Crippen LogP contribution in [-0.4, -0.2) is 59.1 Å². The predicted molar refractivity (Wildman–Crippen MR) is 94.4 cm³/mol. The van der Waals surface area contributed by atoms with E-state index in [1.54, 1.807) is 29.2 Å². The van der Waals surface area contributed by atoms with Crippen molar-refractivity contribution >= 4 is 23.6 Å². The fourth-order valence-electron chi connectivity index (χ4n) is 3.41. The molecular formula is C19H20N4O4. The number of piperidine rings is 1. The first kappa shape index (κ1) is 18.6. The van der Waals surface area contributed by atoms with Gasteiger partial charge in [0, 0.05) is 32.1 Å². The van der Waals surface area contributed by atoms with Crippen LogP contribution in [0.4, 0.5) is 0 Å². The Morgan fingerprint density at radius 1 is 1.11 bits per heavy atom. The van der Waals surface area contributed by atoms with Gasteiger partial charge in [-0.05, 0) is 25.0 Å². The zero-order chi connectivity index (χ0) is 19.4. The summed E-state index contributed by atoms with van der Waals surface area (Å²) < 4.78 is 0. The van der Waals surface area contributed by atoms with Crippen LogP contribution in [0, 0.1) is 11.3 Å². The van der Waals surface area contributed by atoms with Crippen molar-refractivity contribution in [2.24, 2.45) is 0 Å². The molecule has 3 rings (SSSR count).